The lowest BCUT2D eigenvalue weighted by Crippen LogP contribution is -2.30. The number of ether oxygens (including phenoxy) is 2. The van der Waals surface area contributed by atoms with Gasteiger partial charge in [0, 0.05) is 26.3 Å². The molecule has 0 amide bonds. The van der Waals surface area contributed by atoms with E-state index < -0.39 is 16.0 Å². The first-order valence-electron chi connectivity index (χ1n) is 10.2. The zero-order chi connectivity index (χ0) is 23.3. The largest absolute Gasteiger partial charge is 0.493 e. The summed E-state index contributed by atoms with van der Waals surface area (Å²) >= 11 is 0. The Kier molecular flexibility index (Phi) is 7.31. The summed E-state index contributed by atoms with van der Waals surface area (Å²) < 4.78 is 44.1. The lowest BCUT2D eigenvalue weighted by molar-refractivity contribution is 0.0418. The molecule has 3 aromatic rings. The number of carbonyl (C=O) groups is 1. The molecule has 0 unspecified atom stereocenters. The molecule has 0 fully saturated rings. The van der Waals surface area contributed by atoms with Crippen LogP contribution >= 0.6 is 0 Å². The van der Waals surface area contributed by atoms with Crippen molar-refractivity contribution >= 4 is 16.0 Å². The van der Waals surface area contributed by atoms with Gasteiger partial charge in [-0.3, -0.25) is 0 Å². The van der Waals surface area contributed by atoms with E-state index in [-0.39, 0.29) is 23.1 Å². The minimum atomic E-state index is -3.69. The molecule has 32 heavy (non-hydrogen) atoms. The lowest BCUT2D eigenvalue weighted by Gasteiger charge is -2.17. The van der Waals surface area contributed by atoms with Crippen LogP contribution in [0, 0.1) is 0 Å². The second kappa shape index (κ2) is 9.96. The highest BCUT2D eigenvalue weighted by Gasteiger charge is 2.26. The molecule has 0 N–H and O–H groups in total. The van der Waals surface area contributed by atoms with Gasteiger partial charge in [-0.25, -0.2) is 13.2 Å². The van der Waals surface area contributed by atoms with Crippen LogP contribution in [0.5, 0.6) is 5.75 Å². The molecule has 2 heterocycles. The van der Waals surface area contributed by atoms with Crippen LogP contribution in [0.25, 0.3) is 11.4 Å². The Labute approximate surface area is 186 Å². The van der Waals surface area contributed by atoms with Gasteiger partial charge < -0.3 is 18.6 Å². The fourth-order valence-corrected chi connectivity index (χ4v) is 4.68. The molecule has 0 bridgehead atoms. The molecule has 2 aromatic heterocycles. The van der Waals surface area contributed by atoms with E-state index in [1.165, 1.54) is 21.1 Å². The molecule has 0 atom stereocenters. The number of para-hydroxylation sites is 1. The first kappa shape index (κ1) is 23.5. The number of aromatic nitrogens is 3. The van der Waals surface area contributed by atoms with Gasteiger partial charge in [-0.15, -0.1) is 0 Å². The Morgan fingerprint density at radius 1 is 1.19 bits per heavy atom. The highest BCUT2D eigenvalue weighted by Crippen LogP contribution is 2.27. The molecule has 0 spiro atoms. The summed E-state index contributed by atoms with van der Waals surface area (Å²) in [6, 6.07) is 8.56. The molecule has 0 saturated heterocycles. The quantitative estimate of drug-likeness (QED) is 0.422. The minimum Gasteiger partial charge on any atom is -0.493 e. The predicted molar refractivity (Wildman–Crippen MR) is 116 cm³/mol. The first-order valence-corrected chi connectivity index (χ1v) is 11.6. The minimum absolute atomic E-state index is 0.0308. The second-order valence-corrected chi connectivity index (χ2v) is 8.72. The van der Waals surface area contributed by atoms with Crippen LogP contribution in [0.1, 0.15) is 37.2 Å². The van der Waals surface area contributed by atoms with E-state index in [2.05, 4.69) is 10.1 Å². The number of benzene rings is 1. The number of rotatable bonds is 10. The Hall–Kier alpha value is -3.18. The van der Waals surface area contributed by atoms with E-state index in [4.69, 9.17) is 14.0 Å². The van der Waals surface area contributed by atoms with Crippen molar-refractivity contribution in [3.63, 3.8) is 0 Å². The standard InChI is InChI=1S/C21H26N4O6S/c1-5-25(6-2)32(27,28)15-12-17(24(4)13-15)21(26)30-14-19-22-20(23-31-19)16-10-8-9-11-18(16)29-7-3/h8-13H,5-7,14H2,1-4H3. The molecule has 0 saturated carbocycles. The van der Waals surface area contributed by atoms with Crippen molar-refractivity contribution in [3.05, 3.63) is 48.1 Å². The smallest absolute Gasteiger partial charge is 0.355 e. The SMILES string of the molecule is CCOc1ccccc1-c1noc(COC(=O)c2cc(S(=O)(=O)N(CC)CC)cn2C)n1. The molecule has 172 valence electrons. The summed E-state index contributed by atoms with van der Waals surface area (Å²) in [7, 11) is -2.11. The summed E-state index contributed by atoms with van der Waals surface area (Å²) in [5.41, 5.74) is 0.751. The van der Waals surface area contributed by atoms with Crippen molar-refractivity contribution in [2.45, 2.75) is 32.3 Å². The van der Waals surface area contributed by atoms with Crippen LogP contribution < -0.4 is 4.74 Å². The number of nitrogens with zero attached hydrogens (tertiary/aromatic N) is 4. The van der Waals surface area contributed by atoms with Gasteiger partial charge >= 0.3 is 5.97 Å². The lowest BCUT2D eigenvalue weighted by atomic mass is 10.2. The molecular weight excluding hydrogens is 436 g/mol. The maximum Gasteiger partial charge on any atom is 0.355 e. The van der Waals surface area contributed by atoms with Crippen molar-refractivity contribution in [3.8, 4) is 17.1 Å². The highest BCUT2D eigenvalue weighted by molar-refractivity contribution is 7.89. The van der Waals surface area contributed by atoms with Crippen LogP contribution in [0.4, 0.5) is 0 Å². The Bertz CT molecular complexity index is 1180. The molecule has 0 aliphatic heterocycles. The van der Waals surface area contributed by atoms with Crippen molar-refractivity contribution in [2.24, 2.45) is 7.05 Å². The van der Waals surface area contributed by atoms with E-state index in [0.29, 0.717) is 36.8 Å². The number of aryl methyl sites for hydroxylation is 1. The maximum absolute atomic E-state index is 12.7. The van der Waals surface area contributed by atoms with E-state index >= 15 is 0 Å². The third kappa shape index (κ3) is 4.83. The van der Waals surface area contributed by atoms with Crippen LogP contribution in [-0.4, -0.2) is 53.1 Å². The first-order chi connectivity index (χ1) is 15.3. The third-order valence-corrected chi connectivity index (χ3v) is 6.77. The molecule has 0 radical (unpaired) electrons. The third-order valence-electron chi connectivity index (χ3n) is 4.75. The Balaban J connectivity index is 1.72. The fraction of sp³-hybridized carbons (Fsp3) is 0.381. The average Bonchev–Trinajstić information content (AvgIpc) is 3.40. The second-order valence-electron chi connectivity index (χ2n) is 6.78. The normalized spacial score (nSPS) is 11.7. The van der Waals surface area contributed by atoms with Gasteiger partial charge in [-0.1, -0.05) is 31.1 Å². The summed E-state index contributed by atoms with van der Waals surface area (Å²) in [5, 5.41) is 3.92. The Morgan fingerprint density at radius 3 is 2.59 bits per heavy atom. The average molecular weight is 463 g/mol. The summed E-state index contributed by atoms with van der Waals surface area (Å²) in [6.07, 6.45) is 1.39. The molecule has 11 heteroatoms. The van der Waals surface area contributed by atoms with Crippen LogP contribution in [0.15, 0.2) is 45.9 Å². The monoisotopic (exact) mass is 462 g/mol. The molecular formula is C21H26N4O6S. The molecule has 0 aliphatic carbocycles. The van der Waals surface area contributed by atoms with E-state index in [9.17, 15) is 13.2 Å². The van der Waals surface area contributed by atoms with Crippen molar-refractivity contribution in [1.29, 1.82) is 0 Å². The van der Waals surface area contributed by atoms with Gasteiger partial charge in [0.25, 0.3) is 5.89 Å². The van der Waals surface area contributed by atoms with Gasteiger partial charge in [-0.05, 0) is 25.1 Å². The Morgan fingerprint density at radius 2 is 1.91 bits per heavy atom. The maximum atomic E-state index is 12.7. The zero-order valence-corrected chi connectivity index (χ0v) is 19.3. The number of hydrogen-bond acceptors (Lipinski definition) is 8. The van der Waals surface area contributed by atoms with E-state index in [0.717, 1.165) is 0 Å². The van der Waals surface area contributed by atoms with Crippen LogP contribution in [-0.2, 0) is 28.4 Å². The zero-order valence-electron chi connectivity index (χ0n) is 18.4. The number of sulfonamides is 1. The van der Waals surface area contributed by atoms with Crippen LogP contribution in [0.3, 0.4) is 0 Å². The van der Waals surface area contributed by atoms with Crippen LogP contribution in [0.2, 0.25) is 0 Å². The number of esters is 1. The summed E-state index contributed by atoms with van der Waals surface area (Å²) in [4.78, 5) is 16.8. The topological polar surface area (TPSA) is 117 Å². The predicted octanol–water partition coefficient (Wildman–Crippen LogP) is 2.86. The molecule has 3 rings (SSSR count). The van der Waals surface area contributed by atoms with Gasteiger partial charge in [0.15, 0.2) is 6.61 Å². The van der Waals surface area contributed by atoms with E-state index in [1.807, 2.05) is 19.1 Å². The van der Waals surface area contributed by atoms with Gasteiger partial charge in [0.1, 0.15) is 16.3 Å². The van der Waals surface area contributed by atoms with Gasteiger partial charge in [-0.2, -0.15) is 9.29 Å². The number of hydrogen-bond donors (Lipinski definition) is 0. The molecule has 10 nitrogen and oxygen atoms in total. The summed E-state index contributed by atoms with van der Waals surface area (Å²) in [6.45, 7) is 6.28. The highest BCUT2D eigenvalue weighted by atomic mass is 32.2. The van der Waals surface area contributed by atoms with Gasteiger partial charge in [0.05, 0.1) is 12.2 Å². The van der Waals surface area contributed by atoms with E-state index in [1.54, 1.807) is 33.0 Å². The number of carbonyl (C=O) groups excluding carboxylic acids is 1. The van der Waals surface area contributed by atoms with Gasteiger partial charge in [0.2, 0.25) is 15.8 Å². The fourth-order valence-electron chi connectivity index (χ4n) is 3.15. The molecule has 0 aliphatic rings. The van der Waals surface area contributed by atoms with Crippen molar-refractivity contribution in [1.82, 2.24) is 19.0 Å². The van der Waals surface area contributed by atoms with Crippen molar-refractivity contribution < 1.29 is 27.2 Å². The van der Waals surface area contributed by atoms with Crippen molar-refractivity contribution in [2.75, 3.05) is 19.7 Å². The molecule has 1 aromatic carbocycles. The summed E-state index contributed by atoms with van der Waals surface area (Å²) in [5.74, 6) is 0.324.